The van der Waals surface area contributed by atoms with Crippen LogP contribution in [0.4, 0.5) is 0 Å². The highest BCUT2D eigenvalue weighted by Crippen LogP contribution is 2.15. The van der Waals surface area contributed by atoms with Crippen molar-refractivity contribution >= 4 is 7.28 Å². The fraction of sp³-hybridized carbons (Fsp3) is 0.833. The Bertz CT molecular complexity index is 136. The largest absolute Gasteiger partial charge is 0.123 e. The van der Waals surface area contributed by atoms with Gasteiger partial charge in [-0.1, -0.05) is 64.8 Å². The van der Waals surface area contributed by atoms with Crippen molar-refractivity contribution in [3.63, 3.8) is 0 Å². The van der Waals surface area contributed by atoms with Gasteiger partial charge in [0.1, 0.15) is 7.28 Å². The van der Waals surface area contributed by atoms with Crippen LogP contribution in [0, 0.1) is 5.92 Å². The number of allylic oxidation sites excluding steroid dienone is 1. The summed E-state index contributed by atoms with van der Waals surface area (Å²) in [6, 6.07) is 0. The van der Waals surface area contributed by atoms with Crippen LogP contribution in [0.5, 0.6) is 0 Å². The van der Waals surface area contributed by atoms with E-state index in [4.69, 9.17) is 0 Å². The lowest BCUT2D eigenvalue weighted by Crippen LogP contribution is -1.96. The quantitative estimate of drug-likeness (QED) is 0.315. The first-order chi connectivity index (χ1) is 6.04. The molecule has 0 aliphatic heterocycles. The Labute approximate surface area is 85.1 Å². The molecule has 0 aliphatic rings. The SMILES string of the molecule is C=C(CCCCBC(C)C)C(C)C. The smallest absolute Gasteiger partial charge is 0.0996 e. The molecule has 0 heterocycles. The summed E-state index contributed by atoms with van der Waals surface area (Å²) in [5, 5.41) is 0. The van der Waals surface area contributed by atoms with E-state index in [1.165, 1.54) is 38.4 Å². The first kappa shape index (κ1) is 12.8. The molecule has 13 heavy (non-hydrogen) atoms. The summed E-state index contributed by atoms with van der Waals surface area (Å²) in [4.78, 5) is 0. The Morgan fingerprint density at radius 2 is 1.77 bits per heavy atom. The van der Waals surface area contributed by atoms with Crippen molar-refractivity contribution in [2.75, 3.05) is 0 Å². The van der Waals surface area contributed by atoms with Crippen molar-refractivity contribution in [2.24, 2.45) is 5.92 Å². The minimum absolute atomic E-state index is 0.671. The molecule has 76 valence electrons. The lowest BCUT2D eigenvalue weighted by molar-refractivity contribution is 0.676. The van der Waals surface area contributed by atoms with Crippen LogP contribution in [0.15, 0.2) is 12.2 Å². The third-order valence-electron chi connectivity index (χ3n) is 2.60. The van der Waals surface area contributed by atoms with Gasteiger partial charge >= 0.3 is 0 Å². The maximum absolute atomic E-state index is 4.09. The van der Waals surface area contributed by atoms with Crippen LogP contribution >= 0.6 is 0 Å². The summed E-state index contributed by atoms with van der Waals surface area (Å²) < 4.78 is 0. The van der Waals surface area contributed by atoms with Crippen LogP contribution in [0.2, 0.25) is 12.1 Å². The van der Waals surface area contributed by atoms with Gasteiger partial charge in [-0.2, -0.15) is 0 Å². The molecule has 0 unspecified atom stereocenters. The minimum atomic E-state index is 0.671. The van der Waals surface area contributed by atoms with Gasteiger partial charge in [0.05, 0.1) is 0 Å². The molecule has 1 heteroatoms. The zero-order chi connectivity index (χ0) is 10.3. The van der Waals surface area contributed by atoms with Gasteiger partial charge in [-0.05, 0) is 12.3 Å². The predicted molar refractivity (Wildman–Crippen MR) is 64.9 cm³/mol. The highest BCUT2D eigenvalue weighted by molar-refractivity contribution is 6.37. The van der Waals surface area contributed by atoms with Crippen molar-refractivity contribution in [1.82, 2.24) is 0 Å². The average molecular weight is 180 g/mol. The first-order valence-corrected chi connectivity index (χ1v) is 5.71. The van der Waals surface area contributed by atoms with E-state index in [1.54, 1.807) is 0 Å². The highest BCUT2D eigenvalue weighted by Gasteiger charge is 2.00. The zero-order valence-electron chi connectivity index (χ0n) is 9.90. The Hall–Kier alpha value is -0.195. The molecule has 0 aromatic carbocycles. The van der Waals surface area contributed by atoms with E-state index in [9.17, 15) is 0 Å². The van der Waals surface area contributed by atoms with Crippen molar-refractivity contribution in [3.8, 4) is 0 Å². The monoisotopic (exact) mass is 180 g/mol. The molecule has 0 N–H and O–H groups in total. The highest BCUT2D eigenvalue weighted by atomic mass is 14.0. The molecule has 0 amide bonds. The van der Waals surface area contributed by atoms with Crippen LogP contribution in [0.3, 0.4) is 0 Å². The molecule has 0 spiro atoms. The molecule has 0 rings (SSSR count). The van der Waals surface area contributed by atoms with Crippen molar-refractivity contribution in [1.29, 1.82) is 0 Å². The van der Waals surface area contributed by atoms with E-state index < -0.39 is 0 Å². The van der Waals surface area contributed by atoms with Gasteiger partial charge in [-0.15, -0.1) is 0 Å². The third-order valence-corrected chi connectivity index (χ3v) is 2.60. The zero-order valence-corrected chi connectivity index (χ0v) is 9.90. The third kappa shape index (κ3) is 8.14. The van der Waals surface area contributed by atoms with E-state index in [1.807, 2.05) is 0 Å². The molecule has 0 aromatic heterocycles. The number of unbranched alkanes of at least 4 members (excludes halogenated alkanes) is 1. The molecule has 0 radical (unpaired) electrons. The van der Waals surface area contributed by atoms with Crippen LogP contribution in [-0.4, -0.2) is 7.28 Å². The molecular weight excluding hydrogens is 155 g/mol. The van der Waals surface area contributed by atoms with Crippen LogP contribution in [0.1, 0.15) is 47.0 Å². The number of hydrogen-bond donors (Lipinski definition) is 0. The second kappa shape index (κ2) is 7.23. The molecule has 0 atom stereocenters. The maximum atomic E-state index is 4.09. The Kier molecular flexibility index (Phi) is 7.12. The lowest BCUT2D eigenvalue weighted by atomic mass is 9.62. The fourth-order valence-electron chi connectivity index (χ4n) is 1.37. The van der Waals surface area contributed by atoms with Crippen LogP contribution in [0.25, 0.3) is 0 Å². The van der Waals surface area contributed by atoms with Gasteiger partial charge in [0.15, 0.2) is 0 Å². The van der Waals surface area contributed by atoms with Gasteiger partial charge in [0.25, 0.3) is 0 Å². The van der Waals surface area contributed by atoms with Crippen molar-refractivity contribution in [2.45, 2.75) is 59.1 Å². The van der Waals surface area contributed by atoms with Crippen molar-refractivity contribution < 1.29 is 0 Å². The molecule has 0 saturated carbocycles. The second-order valence-corrected chi connectivity index (χ2v) is 4.81. The maximum Gasteiger partial charge on any atom is 0.123 e. The number of hydrogen-bond acceptors (Lipinski definition) is 0. The predicted octanol–water partition coefficient (Wildman–Crippen LogP) is 4.05. The van der Waals surface area contributed by atoms with Gasteiger partial charge in [-0.25, -0.2) is 0 Å². The van der Waals surface area contributed by atoms with E-state index in [2.05, 4.69) is 34.3 Å². The normalized spacial score (nSPS) is 10.9. The lowest BCUT2D eigenvalue weighted by Gasteiger charge is -2.08. The Morgan fingerprint density at radius 1 is 1.15 bits per heavy atom. The Balaban J connectivity index is 3.21. The van der Waals surface area contributed by atoms with Gasteiger partial charge in [0.2, 0.25) is 0 Å². The molecule has 0 bridgehead atoms. The summed E-state index contributed by atoms with van der Waals surface area (Å²) in [5.41, 5.74) is 1.42. The summed E-state index contributed by atoms with van der Waals surface area (Å²) >= 11 is 0. The van der Waals surface area contributed by atoms with E-state index >= 15 is 0 Å². The summed E-state index contributed by atoms with van der Waals surface area (Å²) in [5.74, 6) is 1.54. The van der Waals surface area contributed by atoms with Crippen LogP contribution in [-0.2, 0) is 0 Å². The molecule has 0 aromatic rings. The standard InChI is InChI=1S/C12H25B/c1-10(2)12(5)8-6-7-9-13-11(3)4/h10-11,13H,5-9H2,1-4H3. The van der Waals surface area contributed by atoms with Crippen LogP contribution < -0.4 is 0 Å². The summed E-state index contributed by atoms with van der Waals surface area (Å²) in [6.07, 6.45) is 5.34. The average Bonchev–Trinajstić information content (AvgIpc) is 2.02. The van der Waals surface area contributed by atoms with E-state index in [0.29, 0.717) is 5.92 Å². The van der Waals surface area contributed by atoms with E-state index in [0.717, 1.165) is 5.82 Å². The molecule has 0 saturated heterocycles. The summed E-state index contributed by atoms with van der Waals surface area (Å²) in [7, 11) is 1.38. The van der Waals surface area contributed by atoms with Crippen molar-refractivity contribution in [3.05, 3.63) is 12.2 Å². The molecule has 0 aliphatic carbocycles. The fourth-order valence-corrected chi connectivity index (χ4v) is 1.37. The molecule has 0 fully saturated rings. The second-order valence-electron chi connectivity index (χ2n) is 4.81. The topological polar surface area (TPSA) is 0 Å². The van der Waals surface area contributed by atoms with Gasteiger partial charge in [-0.3, -0.25) is 0 Å². The summed E-state index contributed by atoms with van der Waals surface area (Å²) in [6.45, 7) is 13.1. The van der Waals surface area contributed by atoms with E-state index in [-0.39, 0.29) is 0 Å². The molecular formula is C12H25B. The van der Waals surface area contributed by atoms with Gasteiger partial charge in [0, 0.05) is 0 Å². The minimum Gasteiger partial charge on any atom is -0.0996 e. The Morgan fingerprint density at radius 3 is 2.23 bits per heavy atom. The van der Waals surface area contributed by atoms with Gasteiger partial charge < -0.3 is 0 Å². The first-order valence-electron chi connectivity index (χ1n) is 5.71. The number of rotatable bonds is 7. The molecule has 0 nitrogen and oxygen atoms in total.